The van der Waals surface area contributed by atoms with Gasteiger partial charge in [-0.2, -0.15) is 0 Å². The maximum absolute atomic E-state index is 10.4. The first-order valence-electron chi connectivity index (χ1n) is 4.80. The van der Waals surface area contributed by atoms with Crippen LogP contribution < -0.4 is 34.9 Å². The number of benzene rings is 1. The van der Waals surface area contributed by atoms with Crippen LogP contribution in [-0.2, 0) is 11.2 Å². The molecule has 1 atom stereocenters. The van der Waals surface area contributed by atoms with Crippen molar-refractivity contribution in [1.82, 2.24) is 5.32 Å². The van der Waals surface area contributed by atoms with Gasteiger partial charge in [0.15, 0.2) is 0 Å². The third-order valence-corrected chi connectivity index (χ3v) is 2.63. The van der Waals surface area contributed by atoms with Crippen LogP contribution in [-0.4, -0.2) is 17.6 Å². The van der Waals surface area contributed by atoms with E-state index in [-0.39, 0.29) is 42.1 Å². The summed E-state index contributed by atoms with van der Waals surface area (Å²) in [7, 11) is 0. The number of hydrogen-bond donors (Lipinski definition) is 2. The maximum atomic E-state index is 10.4. The first-order chi connectivity index (χ1) is 6.77. The molecule has 0 saturated heterocycles. The molecule has 1 aliphatic carbocycles. The van der Waals surface area contributed by atoms with Gasteiger partial charge in [0.2, 0.25) is 0 Å². The minimum Gasteiger partial charge on any atom is -0.480 e. The summed E-state index contributed by atoms with van der Waals surface area (Å²) in [6, 6.07) is 8.43. The van der Waals surface area contributed by atoms with Gasteiger partial charge in [-0.05, 0) is 24.0 Å². The zero-order valence-corrected chi connectivity index (χ0v) is 10.9. The molecule has 1 aromatic rings. The zero-order chi connectivity index (χ0) is 9.97. The number of carbonyl (C=O) groups is 1. The van der Waals surface area contributed by atoms with Gasteiger partial charge in [0.1, 0.15) is 0 Å². The Kier molecular flexibility index (Phi) is 4.80. The largest absolute Gasteiger partial charge is 1.00 e. The predicted octanol–water partition coefficient (Wildman–Crippen LogP) is -1.65. The van der Waals surface area contributed by atoms with Crippen molar-refractivity contribution < 1.29 is 39.5 Å². The predicted molar refractivity (Wildman–Crippen MR) is 53.1 cm³/mol. The van der Waals surface area contributed by atoms with Crippen LogP contribution in [0, 0.1) is 0 Å². The standard InChI is InChI=1S/C11H13NO2.Na/c13-11(14)7-12-10-6-5-8-3-1-2-4-9(8)10;/h1-4,10,12H,5-7H2,(H,13,14);/q;+1. The molecule has 15 heavy (non-hydrogen) atoms. The van der Waals surface area contributed by atoms with E-state index in [4.69, 9.17) is 5.11 Å². The topological polar surface area (TPSA) is 49.3 Å². The Morgan fingerprint density at radius 3 is 2.93 bits per heavy atom. The molecule has 2 rings (SSSR count). The van der Waals surface area contributed by atoms with Crippen LogP contribution in [0.1, 0.15) is 23.6 Å². The van der Waals surface area contributed by atoms with Gasteiger partial charge in [-0.25, -0.2) is 0 Å². The first-order valence-corrected chi connectivity index (χ1v) is 4.80. The molecule has 2 N–H and O–H groups in total. The number of aryl methyl sites for hydroxylation is 1. The number of hydrogen-bond acceptors (Lipinski definition) is 2. The van der Waals surface area contributed by atoms with Crippen molar-refractivity contribution in [3.63, 3.8) is 0 Å². The molecule has 1 unspecified atom stereocenters. The van der Waals surface area contributed by atoms with Crippen molar-refractivity contribution in [1.29, 1.82) is 0 Å². The molecule has 0 aromatic heterocycles. The molecule has 0 radical (unpaired) electrons. The Hall–Kier alpha value is -0.350. The second-order valence-electron chi connectivity index (χ2n) is 3.56. The molecule has 0 saturated carbocycles. The number of rotatable bonds is 3. The van der Waals surface area contributed by atoms with E-state index >= 15 is 0 Å². The molecule has 0 fully saturated rings. The molecule has 0 bridgehead atoms. The van der Waals surface area contributed by atoms with E-state index in [0.717, 1.165) is 12.8 Å². The third kappa shape index (κ3) is 3.05. The van der Waals surface area contributed by atoms with E-state index in [0.29, 0.717) is 0 Å². The van der Waals surface area contributed by atoms with Crippen LogP contribution in [0.25, 0.3) is 0 Å². The Labute approximate surface area is 111 Å². The summed E-state index contributed by atoms with van der Waals surface area (Å²) in [5.41, 5.74) is 2.60. The van der Waals surface area contributed by atoms with E-state index in [2.05, 4.69) is 17.4 Å². The molecule has 74 valence electrons. The summed E-state index contributed by atoms with van der Waals surface area (Å²) >= 11 is 0. The molecule has 0 spiro atoms. The SMILES string of the molecule is O=C(O)CNC1CCc2ccccc21.[Na+]. The monoisotopic (exact) mass is 214 g/mol. The smallest absolute Gasteiger partial charge is 0.480 e. The quantitative estimate of drug-likeness (QED) is 0.593. The summed E-state index contributed by atoms with van der Waals surface area (Å²) in [5.74, 6) is -0.797. The average molecular weight is 214 g/mol. The van der Waals surface area contributed by atoms with Gasteiger partial charge in [-0.15, -0.1) is 0 Å². The molecule has 0 aliphatic heterocycles. The van der Waals surface area contributed by atoms with Crippen molar-refractivity contribution in [2.24, 2.45) is 0 Å². The van der Waals surface area contributed by atoms with E-state index < -0.39 is 5.97 Å². The first kappa shape index (κ1) is 12.7. The molecular formula is C11H13NNaO2+. The second kappa shape index (κ2) is 5.66. The zero-order valence-electron chi connectivity index (χ0n) is 8.86. The number of carboxylic acids is 1. The number of fused-ring (bicyclic) bond motifs is 1. The molecule has 4 heteroatoms. The van der Waals surface area contributed by atoms with Gasteiger partial charge in [-0.3, -0.25) is 4.79 Å². The molecular weight excluding hydrogens is 201 g/mol. The van der Waals surface area contributed by atoms with E-state index in [1.165, 1.54) is 11.1 Å². The molecule has 0 amide bonds. The Morgan fingerprint density at radius 1 is 1.47 bits per heavy atom. The van der Waals surface area contributed by atoms with E-state index in [1.54, 1.807) is 0 Å². The van der Waals surface area contributed by atoms with Gasteiger partial charge in [0.05, 0.1) is 6.54 Å². The fourth-order valence-corrected chi connectivity index (χ4v) is 1.98. The van der Waals surface area contributed by atoms with Crippen LogP contribution in [0.15, 0.2) is 24.3 Å². The number of carboxylic acid groups (broad SMARTS) is 1. The maximum Gasteiger partial charge on any atom is 1.00 e. The van der Waals surface area contributed by atoms with Gasteiger partial charge in [0.25, 0.3) is 0 Å². The van der Waals surface area contributed by atoms with Gasteiger partial charge in [0, 0.05) is 6.04 Å². The van der Waals surface area contributed by atoms with E-state index in [1.807, 2.05) is 12.1 Å². The molecule has 1 aliphatic rings. The van der Waals surface area contributed by atoms with E-state index in [9.17, 15) is 4.79 Å². The summed E-state index contributed by atoms with van der Waals surface area (Å²) in [6.45, 7) is 0.0407. The number of aliphatic carboxylic acids is 1. The van der Waals surface area contributed by atoms with Crippen LogP contribution in [0.5, 0.6) is 0 Å². The van der Waals surface area contributed by atoms with Crippen molar-refractivity contribution in [3.05, 3.63) is 35.4 Å². The normalized spacial score (nSPS) is 18.0. The summed E-state index contributed by atoms with van der Waals surface area (Å²) in [5, 5.41) is 11.6. The Morgan fingerprint density at radius 2 is 2.20 bits per heavy atom. The minimum atomic E-state index is -0.797. The summed E-state index contributed by atoms with van der Waals surface area (Å²) in [6.07, 6.45) is 2.06. The molecule has 0 heterocycles. The fraction of sp³-hybridized carbons (Fsp3) is 0.364. The molecule has 3 nitrogen and oxygen atoms in total. The Balaban J connectivity index is 0.00000112. The van der Waals surface area contributed by atoms with Crippen LogP contribution in [0.2, 0.25) is 0 Å². The minimum absolute atomic E-state index is 0. The van der Waals surface area contributed by atoms with Crippen molar-refractivity contribution >= 4 is 5.97 Å². The third-order valence-electron chi connectivity index (χ3n) is 2.63. The number of nitrogens with one attached hydrogen (secondary N) is 1. The van der Waals surface area contributed by atoms with Crippen LogP contribution >= 0.6 is 0 Å². The van der Waals surface area contributed by atoms with Gasteiger partial charge >= 0.3 is 35.5 Å². The van der Waals surface area contributed by atoms with Gasteiger partial charge < -0.3 is 10.4 Å². The second-order valence-corrected chi connectivity index (χ2v) is 3.56. The Bertz CT molecular complexity index is 354. The van der Waals surface area contributed by atoms with Crippen molar-refractivity contribution in [2.75, 3.05) is 6.54 Å². The molecule has 1 aromatic carbocycles. The van der Waals surface area contributed by atoms with Crippen molar-refractivity contribution in [3.8, 4) is 0 Å². The van der Waals surface area contributed by atoms with Gasteiger partial charge in [-0.1, -0.05) is 24.3 Å². The summed E-state index contributed by atoms with van der Waals surface area (Å²) < 4.78 is 0. The van der Waals surface area contributed by atoms with Crippen molar-refractivity contribution in [2.45, 2.75) is 18.9 Å². The van der Waals surface area contributed by atoms with Crippen LogP contribution in [0.3, 0.4) is 0 Å². The van der Waals surface area contributed by atoms with Crippen LogP contribution in [0.4, 0.5) is 0 Å². The fourth-order valence-electron chi connectivity index (χ4n) is 1.98. The average Bonchev–Trinajstić information content (AvgIpc) is 2.58. The summed E-state index contributed by atoms with van der Waals surface area (Å²) in [4.78, 5) is 10.4.